The van der Waals surface area contributed by atoms with Crippen molar-refractivity contribution < 1.29 is 14.6 Å². The molecule has 0 saturated carbocycles. The summed E-state index contributed by atoms with van der Waals surface area (Å²) in [6, 6.07) is 8.78. The number of aromatic nitrogens is 1. The second-order valence-corrected chi connectivity index (χ2v) is 5.36. The highest BCUT2D eigenvalue weighted by atomic mass is 32.2. The van der Waals surface area contributed by atoms with Gasteiger partial charge in [0.2, 0.25) is 0 Å². The third-order valence-electron chi connectivity index (χ3n) is 3.05. The van der Waals surface area contributed by atoms with Crippen LogP contribution in [0.4, 0.5) is 0 Å². The molecule has 0 fully saturated rings. The van der Waals surface area contributed by atoms with E-state index in [-0.39, 0.29) is 0 Å². The van der Waals surface area contributed by atoms with Crippen LogP contribution in [0.3, 0.4) is 0 Å². The summed E-state index contributed by atoms with van der Waals surface area (Å²) in [5.74, 6) is 0.357. The highest BCUT2D eigenvalue weighted by Gasteiger charge is 2.25. The fraction of sp³-hybridized carbons (Fsp3) is 0.214. The number of benzene rings is 1. The summed E-state index contributed by atoms with van der Waals surface area (Å²) < 4.78 is 5.17. The SMILES string of the molecule is COc1ccc2nc(C3=N[C@@H](C(=O)O)CS3)ccc2c1. The molecule has 1 aromatic carbocycles. The Bertz CT molecular complexity index is 715. The van der Waals surface area contributed by atoms with Gasteiger partial charge in [-0.3, -0.25) is 4.99 Å². The lowest BCUT2D eigenvalue weighted by molar-refractivity contribution is -0.137. The van der Waals surface area contributed by atoms with Crippen molar-refractivity contribution in [3.05, 3.63) is 36.0 Å². The number of pyridine rings is 1. The maximum absolute atomic E-state index is 10.9. The second-order valence-electron chi connectivity index (χ2n) is 4.35. The van der Waals surface area contributed by atoms with Crippen LogP contribution in [0.2, 0.25) is 0 Å². The number of methoxy groups -OCH3 is 1. The number of carboxylic acid groups (broad SMARTS) is 1. The van der Waals surface area contributed by atoms with Gasteiger partial charge in [-0.05, 0) is 24.3 Å². The van der Waals surface area contributed by atoms with Crippen molar-refractivity contribution in [2.24, 2.45) is 4.99 Å². The summed E-state index contributed by atoms with van der Waals surface area (Å²) in [5.41, 5.74) is 1.56. The summed E-state index contributed by atoms with van der Waals surface area (Å²) in [4.78, 5) is 19.6. The van der Waals surface area contributed by atoms with E-state index in [0.717, 1.165) is 22.3 Å². The molecule has 0 aliphatic carbocycles. The molecule has 2 heterocycles. The van der Waals surface area contributed by atoms with Gasteiger partial charge in [-0.1, -0.05) is 6.07 Å². The van der Waals surface area contributed by atoms with E-state index in [9.17, 15) is 4.79 Å². The number of carbonyl (C=O) groups is 1. The number of ether oxygens (including phenoxy) is 1. The van der Waals surface area contributed by atoms with E-state index >= 15 is 0 Å². The average molecular weight is 288 g/mol. The minimum atomic E-state index is -0.891. The molecule has 0 spiro atoms. The summed E-state index contributed by atoms with van der Waals surface area (Å²) in [6.07, 6.45) is 0. The molecule has 0 bridgehead atoms. The van der Waals surface area contributed by atoms with Crippen LogP contribution in [0.25, 0.3) is 10.9 Å². The normalized spacial score (nSPS) is 18.1. The average Bonchev–Trinajstić information content (AvgIpc) is 2.96. The molecule has 6 heteroatoms. The van der Waals surface area contributed by atoms with E-state index in [0.29, 0.717) is 10.8 Å². The quantitative estimate of drug-likeness (QED) is 0.937. The van der Waals surface area contributed by atoms with Gasteiger partial charge >= 0.3 is 5.97 Å². The fourth-order valence-corrected chi connectivity index (χ4v) is 2.99. The summed E-state index contributed by atoms with van der Waals surface area (Å²) in [6.45, 7) is 0. The van der Waals surface area contributed by atoms with Crippen molar-refractivity contribution >= 4 is 33.7 Å². The third kappa shape index (κ3) is 2.34. The Kier molecular flexibility index (Phi) is 3.31. The highest BCUT2D eigenvalue weighted by Crippen LogP contribution is 2.25. The molecule has 2 aromatic rings. The predicted molar refractivity (Wildman–Crippen MR) is 78.7 cm³/mol. The van der Waals surface area contributed by atoms with Crippen molar-refractivity contribution in [2.45, 2.75) is 6.04 Å². The summed E-state index contributed by atoms with van der Waals surface area (Å²) >= 11 is 1.43. The number of thioether (sulfide) groups is 1. The van der Waals surface area contributed by atoms with Gasteiger partial charge in [0.15, 0.2) is 6.04 Å². The molecule has 1 aliphatic heterocycles. The summed E-state index contributed by atoms with van der Waals surface area (Å²) in [7, 11) is 1.62. The number of carboxylic acids is 1. The van der Waals surface area contributed by atoms with Crippen LogP contribution < -0.4 is 4.74 Å². The molecule has 1 aromatic heterocycles. The minimum Gasteiger partial charge on any atom is -0.497 e. The number of rotatable bonds is 3. The molecule has 0 amide bonds. The molecule has 5 nitrogen and oxygen atoms in total. The predicted octanol–water partition coefficient (Wildman–Crippen LogP) is 2.19. The Morgan fingerprint density at radius 1 is 1.40 bits per heavy atom. The van der Waals surface area contributed by atoms with Crippen molar-refractivity contribution in [3.8, 4) is 5.75 Å². The van der Waals surface area contributed by atoms with Crippen LogP contribution in [0.1, 0.15) is 5.69 Å². The zero-order valence-corrected chi connectivity index (χ0v) is 11.6. The number of hydrogen-bond donors (Lipinski definition) is 1. The Morgan fingerprint density at radius 3 is 2.95 bits per heavy atom. The van der Waals surface area contributed by atoms with Crippen LogP contribution in [0.5, 0.6) is 5.75 Å². The Balaban J connectivity index is 1.98. The standard InChI is InChI=1S/C14H12N2O3S/c1-19-9-3-5-10-8(6-9)2-4-11(15-10)13-16-12(7-20-13)14(17)18/h2-6,12H,7H2,1H3,(H,17,18)/t12-/m1/s1. The number of aliphatic carboxylic acids is 1. The fourth-order valence-electron chi connectivity index (χ4n) is 1.99. The maximum atomic E-state index is 10.9. The van der Waals surface area contributed by atoms with Gasteiger partial charge < -0.3 is 9.84 Å². The molecule has 1 aliphatic rings. The first-order chi connectivity index (χ1) is 9.67. The maximum Gasteiger partial charge on any atom is 0.329 e. The lowest BCUT2D eigenvalue weighted by Gasteiger charge is -2.04. The minimum absolute atomic E-state index is 0.465. The molecule has 1 N–H and O–H groups in total. The van der Waals surface area contributed by atoms with Crippen LogP contribution in [-0.4, -0.2) is 40.0 Å². The van der Waals surface area contributed by atoms with Crippen LogP contribution in [0, 0.1) is 0 Å². The number of hydrogen-bond acceptors (Lipinski definition) is 5. The van der Waals surface area contributed by atoms with Gasteiger partial charge in [0.25, 0.3) is 0 Å². The number of fused-ring (bicyclic) bond motifs is 1. The second kappa shape index (κ2) is 5.13. The van der Waals surface area contributed by atoms with E-state index in [1.54, 1.807) is 7.11 Å². The first kappa shape index (κ1) is 12.9. The van der Waals surface area contributed by atoms with Crippen LogP contribution in [0.15, 0.2) is 35.3 Å². The Morgan fingerprint density at radius 2 is 2.25 bits per heavy atom. The van der Waals surface area contributed by atoms with Gasteiger partial charge in [-0.15, -0.1) is 11.8 Å². The monoisotopic (exact) mass is 288 g/mol. The Labute approximate surface area is 119 Å². The van der Waals surface area contributed by atoms with Gasteiger partial charge in [0.05, 0.1) is 18.3 Å². The number of nitrogens with zero attached hydrogens (tertiary/aromatic N) is 2. The van der Waals surface area contributed by atoms with Crippen LogP contribution in [-0.2, 0) is 4.79 Å². The molecule has 20 heavy (non-hydrogen) atoms. The third-order valence-corrected chi connectivity index (χ3v) is 4.12. The molecular weight excluding hydrogens is 276 g/mol. The molecule has 102 valence electrons. The molecule has 0 unspecified atom stereocenters. The van der Waals surface area contributed by atoms with Crippen molar-refractivity contribution in [3.63, 3.8) is 0 Å². The molecule has 0 radical (unpaired) electrons. The lowest BCUT2D eigenvalue weighted by atomic mass is 10.2. The molecular formula is C14H12N2O3S. The summed E-state index contributed by atoms with van der Waals surface area (Å²) in [5, 5.41) is 10.6. The van der Waals surface area contributed by atoms with E-state index in [1.807, 2.05) is 30.3 Å². The van der Waals surface area contributed by atoms with E-state index < -0.39 is 12.0 Å². The van der Waals surface area contributed by atoms with Gasteiger partial charge in [0.1, 0.15) is 10.8 Å². The first-order valence-electron chi connectivity index (χ1n) is 6.06. The smallest absolute Gasteiger partial charge is 0.329 e. The van der Waals surface area contributed by atoms with Crippen molar-refractivity contribution in [1.82, 2.24) is 4.98 Å². The zero-order valence-electron chi connectivity index (χ0n) is 10.7. The topological polar surface area (TPSA) is 71.8 Å². The van der Waals surface area contributed by atoms with Gasteiger partial charge in [-0.2, -0.15) is 0 Å². The van der Waals surface area contributed by atoms with E-state index in [2.05, 4.69) is 9.98 Å². The van der Waals surface area contributed by atoms with Gasteiger partial charge in [0, 0.05) is 11.1 Å². The zero-order chi connectivity index (χ0) is 14.1. The van der Waals surface area contributed by atoms with Crippen molar-refractivity contribution in [1.29, 1.82) is 0 Å². The first-order valence-corrected chi connectivity index (χ1v) is 7.04. The van der Waals surface area contributed by atoms with E-state index in [1.165, 1.54) is 11.8 Å². The highest BCUT2D eigenvalue weighted by molar-refractivity contribution is 8.14. The Hall–Kier alpha value is -2.08. The van der Waals surface area contributed by atoms with E-state index in [4.69, 9.17) is 9.84 Å². The molecule has 3 rings (SSSR count). The van der Waals surface area contributed by atoms with Gasteiger partial charge in [-0.25, -0.2) is 9.78 Å². The molecule has 1 atom stereocenters. The largest absolute Gasteiger partial charge is 0.497 e. The van der Waals surface area contributed by atoms with Crippen molar-refractivity contribution in [2.75, 3.05) is 12.9 Å². The molecule has 0 saturated heterocycles. The van der Waals surface area contributed by atoms with Crippen LogP contribution >= 0.6 is 11.8 Å². The number of aliphatic imine (C=N–C) groups is 1. The lowest BCUT2D eigenvalue weighted by Crippen LogP contribution is -2.17.